The highest BCUT2D eigenvalue weighted by Gasteiger charge is 2.12. The van der Waals surface area contributed by atoms with Crippen LogP contribution in [0, 0.1) is 0 Å². The number of fused-ring (bicyclic) bond motifs is 1. The molecular formula is C35H43N3O5. The Morgan fingerprint density at radius 3 is 2.42 bits per heavy atom. The number of nitrogens with one attached hydrogen (secondary N) is 1. The molecule has 1 aromatic heterocycles. The number of carbonyl (C=O) groups is 1. The third-order valence-electron chi connectivity index (χ3n) is 7.28. The molecule has 1 heterocycles. The molecule has 4 aromatic rings. The lowest BCUT2D eigenvalue weighted by Gasteiger charge is -2.13. The molecule has 0 aliphatic rings. The zero-order valence-corrected chi connectivity index (χ0v) is 25.7. The summed E-state index contributed by atoms with van der Waals surface area (Å²) in [5.41, 5.74) is 4.13. The van der Waals surface area contributed by atoms with E-state index < -0.39 is 0 Å². The Morgan fingerprint density at radius 2 is 1.63 bits per heavy atom. The Kier molecular flexibility index (Phi) is 11.9. The van der Waals surface area contributed by atoms with Crippen LogP contribution >= 0.6 is 0 Å². The molecular weight excluding hydrogens is 542 g/mol. The van der Waals surface area contributed by atoms with Gasteiger partial charge in [-0.15, -0.1) is 0 Å². The van der Waals surface area contributed by atoms with Gasteiger partial charge < -0.3 is 28.8 Å². The fraction of sp³-hybridized carbons (Fsp3) is 0.371. The molecule has 0 spiro atoms. The number of aryl methyl sites for hydroxylation is 2. The molecule has 1 amide bonds. The van der Waals surface area contributed by atoms with Crippen molar-refractivity contribution >= 4 is 23.0 Å². The minimum atomic E-state index is 0.00240. The lowest BCUT2D eigenvalue weighted by Crippen LogP contribution is -2.26. The Morgan fingerprint density at radius 1 is 0.860 bits per heavy atom. The van der Waals surface area contributed by atoms with E-state index in [0.717, 1.165) is 78.1 Å². The summed E-state index contributed by atoms with van der Waals surface area (Å²) in [5.74, 6) is 3.86. The van der Waals surface area contributed by atoms with E-state index in [0.29, 0.717) is 31.1 Å². The van der Waals surface area contributed by atoms with Crippen molar-refractivity contribution in [2.75, 3.05) is 34.5 Å². The Balaban J connectivity index is 1.23. The number of aromatic nitrogens is 2. The van der Waals surface area contributed by atoms with Crippen LogP contribution in [0.15, 0.2) is 66.7 Å². The first kappa shape index (κ1) is 31.5. The third kappa shape index (κ3) is 8.77. The summed E-state index contributed by atoms with van der Waals surface area (Å²) in [6, 6.07) is 19.8. The number of para-hydroxylation sites is 2. The topological polar surface area (TPSA) is 83.8 Å². The number of benzene rings is 3. The zero-order valence-electron chi connectivity index (χ0n) is 25.7. The Bertz CT molecular complexity index is 1510. The van der Waals surface area contributed by atoms with Crippen molar-refractivity contribution in [1.29, 1.82) is 0 Å². The molecule has 228 valence electrons. The molecule has 4 rings (SSSR count). The van der Waals surface area contributed by atoms with Gasteiger partial charge in [0.05, 0.1) is 45.4 Å². The fourth-order valence-corrected chi connectivity index (χ4v) is 5.12. The molecule has 0 saturated heterocycles. The smallest absolute Gasteiger partial charge is 0.224 e. The second-order valence-electron chi connectivity index (χ2n) is 10.3. The summed E-state index contributed by atoms with van der Waals surface area (Å²) in [7, 11) is 4.86. The maximum absolute atomic E-state index is 12.4. The van der Waals surface area contributed by atoms with E-state index in [1.165, 1.54) is 0 Å². The maximum atomic E-state index is 12.4. The van der Waals surface area contributed by atoms with E-state index in [2.05, 4.69) is 28.1 Å². The summed E-state index contributed by atoms with van der Waals surface area (Å²) in [5, 5.41) is 3.04. The number of hydrogen-bond donors (Lipinski definition) is 1. The van der Waals surface area contributed by atoms with Crippen LogP contribution in [-0.4, -0.2) is 49.9 Å². The van der Waals surface area contributed by atoms with Crippen LogP contribution in [0.3, 0.4) is 0 Å². The minimum absolute atomic E-state index is 0.00240. The van der Waals surface area contributed by atoms with Gasteiger partial charge in [0.1, 0.15) is 5.82 Å². The van der Waals surface area contributed by atoms with E-state index in [1.807, 2.05) is 61.5 Å². The molecule has 0 saturated carbocycles. The molecule has 3 aromatic carbocycles. The zero-order chi connectivity index (χ0) is 30.4. The second kappa shape index (κ2) is 16.2. The van der Waals surface area contributed by atoms with Crippen molar-refractivity contribution in [3.63, 3.8) is 0 Å². The Hall–Kier alpha value is -4.46. The van der Waals surface area contributed by atoms with Crippen LogP contribution in [0.25, 0.3) is 17.1 Å². The van der Waals surface area contributed by atoms with Crippen LogP contribution in [0.1, 0.15) is 49.6 Å². The second-order valence-corrected chi connectivity index (χ2v) is 10.3. The van der Waals surface area contributed by atoms with Gasteiger partial charge in [-0.2, -0.15) is 0 Å². The van der Waals surface area contributed by atoms with Crippen LogP contribution in [-0.2, 0) is 24.2 Å². The average molecular weight is 586 g/mol. The fourth-order valence-electron chi connectivity index (χ4n) is 5.12. The number of methoxy groups -OCH3 is 3. The van der Waals surface area contributed by atoms with Crippen molar-refractivity contribution in [3.8, 4) is 23.0 Å². The molecule has 0 aliphatic carbocycles. The number of carbonyl (C=O) groups excluding carboxylic acids is 1. The molecule has 8 nitrogen and oxygen atoms in total. The number of nitrogens with zero attached hydrogens (tertiary/aromatic N) is 2. The molecule has 0 atom stereocenters. The van der Waals surface area contributed by atoms with E-state index in [9.17, 15) is 4.79 Å². The van der Waals surface area contributed by atoms with Crippen LogP contribution < -0.4 is 24.3 Å². The lowest BCUT2D eigenvalue weighted by molar-refractivity contribution is -0.120. The molecule has 0 fully saturated rings. The van der Waals surface area contributed by atoms with Crippen molar-refractivity contribution in [2.24, 2.45) is 0 Å². The number of allylic oxidation sites excluding steroid dienone is 1. The van der Waals surface area contributed by atoms with Crippen molar-refractivity contribution in [2.45, 2.75) is 52.0 Å². The van der Waals surface area contributed by atoms with Gasteiger partial charge in [-0.1, -0.05) is 42.8 Å². The van der Waals surface area contributed by atoms with Crippen molar-refractivity contribution in [3.05, 3.63) is 83.7 Å². The number of hydrogen-bond acceptors (Lipinski definition) is 6. The highest BCUT2D eigenvalue weighted by atomic mass is 16.5. The molecule has 0 bridgehead atoms. The molecule has 1 N–H and O–H groups in total. The van der Waals surface area contributed by atoms with Gasteiger partial charge in [-0.05, 0) is 73.7 Å². The highest BCUT2D eigenvalue weighted by Crippen LogP contribution is 2.29. The predicted molar refractivity (Wildman–Crippen MR) is 171 cm³/mol. The number of amides is 1. The molecule has 0 radical (unpaired) electrons. The standard InChI is InChI=1S/C35H43N3O5/c1-5-12-26-16-19-31(33(23-26)42-4)43-22-11-21-38-29-14-9-8-13-28(29)37-34(38)15-7-6-10-20-36-35(39)25-27-17-18-30(40-2)32(24-27)41-3/h5,8-9,12-14,16-19,23-24H,6-7,10-11,15,20-22,25H2,1-4H3,(H,36,39)/b12-5+. The number of unbranched alkanes of at least 4 members (excludes halogenated alkanes) is 2. The van der Waals surface area contributed by atoms with Crippen LogP contribution in [0.2, 0.25) is 0 Å². The summed E-state index contributed by atoms with van der Waals surface area (Å²) < 4.78 is 24.5. The number of imidazole rings is 1. The van der Waals surface area contributed by atoms with Gasteiger partial charge in [0.15, 0.2) is 23.0 Å². The first-order valence-electron chi connectivity index (χ1n) is 14.9. The molecule has 0 unspecified atom stereocenters. The van der Waals surface area contributed by atoms with Gasteiger partial charge in [0, 0.05) is 19.5 Å². The summed E-state index contributed by atoms with van der Waals surface area (Å²) in [6.07, 6.45) is 9.00. The van der Waals surface area contributed by atoms with Crippen molar-refractivity contribution < 1.29 is 23.7 Å². The van der Waals surface area contributed by atoms with E-state index in [-0.39, 0.29) is 5.91 Å². The van der Waals surface area contributed by atoms with Crippen LogP contribution in [0.4, 0.5) is 0 Å². The highest BCUT2D eigenvalue weighted by molar-refractivity contribution is 5.78. The van der Waals surface area contributed by atoms with Crippen molar-refractivity contribution in [1.82, 2.24) is 14.9 Å². The van der Waals surface area contributed by atoms with Gasteiger partial charge >= 0.3 is 0 Å². The minimum Gasteiger partial charge on any atom is -0.493 e. The quantitative estimate of drug-likeness (QED) is 0.140. The maximum Gasteiger partial charge on any atom is 0.224 e. The normalized spacial score (nSPS) is 11.2. The SMILES string of the molecule is C/C=C/c1ccc(OCCCn2c(CCCCCNC(=O)Cc3ccc(OC)c(OC)c3)nc3ccccc32)c(OC)c1. The monoisotopic (exact) mass is 585 g/mol. The Labute approximate surface area is 254 Å². The van der Waals surface area contributed by atoms with Crippen LogP contribution in [0.5, 0.6) is 23.0 Å². The van der Waals surface area contributed by atoms with E-state index >= 15 is 0 Å². The average Bonchev–Trinajstić information content (AvgIpc) is 3.38. The third-order valence-corrected chi connectivity index (χ3v) is 7.28. The predicted octanol–water partition coefficient (Wildman–Crippen LogP) is 6.64. The molecule has 8 heteroatoms. The van der Waals surface area contributed by atoms with Gasteiger partial charge in [-0.3, -0.25) is 4.79 Å². The summed E-state index contributed by atoms with van der Waals surface area (Å²) in [4.78, 5) is 17.4. The van der Waals surface area contributed by atoms with E-state index in [1.54, 1.807) is 21.3 Å². The number of rotatable bonds is 17. The summed E-state index contributed by atoms with van der Waals surface area (Å²) in [6.45, 7) is 4.05. The van der Waals surface area contributed by atoms with E-state index in [4.69, 9.17) is 23.9 Å². The molecule has 43 heavy (non-hydrogen) atoms. The van der Waals surface area contributed by atoms with Gasteiger partial charge in [0.2, 0.25) is 5.91 Å². The lowest BCUT2D eigenvalue weighted by atomic mass is 10.1. The largest absolute Gasteiger partial charge is 0.493 e. The van der Waals surface area contributed by atoms with Gasteiger partial charge in [0.25, 0.3) is 0 Å². The summed E-state index contributed by atoms with van der Waals surface area (Å²) >= 11 is 0. The molecule has 0 aliphatic heterocycles. The van der Waals surface area contributed by atoms with Gasteiger partial charge in [-0.25, -0.2) is 4.98 Å². The first-order valence-corrected chi connectivity index (χ1v) is 14.9. The number of ether oxygens (including phenoxy) is 4. The first-order chi connectivity index (χ1) is 21.1.